The molecule has 0 amide bonds. The Balaban J connectivity index is 2.10. The highest BCUT2D eigenvalue weighted by Crippen LogP contribution is 2.30. The van der Waals surface area contributed by atoms with E-state index in [9.17, 15) is 0 Å². The molecule has 2 heterocycles. The maximum absolute atomic E-state index is 5.45. The number of furan rings is 1. The van der Waals surface area contributed by atoms with Crippen molar-refractivity contribution < 1.29 is 4.42 Å². The second-order valence-corrected chi connectivity index (χ2v) is 4.98. The van der Waals surface area contributed by atoms with Crippen molar-refractivity contribution in [2.45, 2.75) is 6.92 Å². The van der Waals surface area contributed by atoms with Crippen LogP contribution in [0.5, 0.6) is 0 Å². The molecular weight excluding hydrogens is 246 g/mol. The second-order valence-electron chi connectivity index (χ2n) is 4.98. The van der Waals surface area contributed by atoms with Crippen LogP contribution in [0.3, 0.4) is 0 Å². The number of aromatic nitrogens is 1. The van der Waals surface area contributed by atoms with E-state index in [0.29, 0.717) is 0 Å². The molecule has 0 spiro atoms. The van der Waals surface area contributed by atoms with E-state index in [0.717, 1.165) is 17.0 Å². The summed E-state index contributed by atoms with van der Waals surface area (Å²) in [6, 6.07) is 18.5. The lowest BCUT2D eigenvalue weighted by atomic mass is 10.0. The van der Waals surface area contributed by atoms with Gasteiger partial charge in [-0.3, -0.25) is 0 Å². The quantitative estimate of drug-likeness (QED) is 0.452. The molecular formula is C18H13NO. The molecule has 4 rings (SSSR count). The number of fused-ring (bicyclic) bond motifs is 3. The highest BCUT2D eigenvalue weighted by molar-refractivity contribution is 6.08. The maximum Gasteiger partial charge on any atom is 0.152 e. The summed E-state index contributed by atoms with van der Waals surface area (Å²) < 4.78 is 5.45. The molecule has 0 aliphatic carbocycles. The third-order valence-corrected chi connectivity index (χ3v) is 3.67. The molecule has 0 aliphatic heterocycles. The van der Waals surface area contributed by atoms with Gasteiger partial charge in [-0.1, -0.05) is 30.3 Å². The first-order valence-electron chi connectivity index (χ1n) is 6.66. The zero-order valence-corrected chi connectivity index (χ0v) is 11.1. The summed E-state index contributed by atoms with van der Waals surface area (Å²) >= 11 is 0. The van der Waals surface area contributed by atoms with E-state index < -0.39 is 0 Å². The highest BCUT2D eigenvalue weighted by atomic mass is 16.3. The number of hydrogen-bond donors (Lipinski definition) is 0. The number of nitrogens with zero attached hydrogens (tertiary/aromatic N) is 1. The van der Waals surface area contributed by atoms with Crippen molar-refractivity contribution in [3.63, 3.8) is 0 Å². The van der Waals surface area contributed by atoms with Gasteiger partial charge in [-0.25, -0.2) is 4.98 Å². The molecule has 2 aromatic heterocycles. The molecule has 96 valence electrons. The van der Waals surface area contributed by atoms with Crippen molar-refractivity contribution in [3.8, 4) is 11.5 Å². The monoisotopic (exact) mass is 259 g/mol. The lowest BCUT2D eigenvalue weighted by Crippen LogP contribution is -1.89. The molecule has 0 radical (unpaired) electrons. The summed E-state index contributed by atoms with van der Waals surface area (Å²) in [4.78, 5) is 4.73. The van der Waals surface area contributed by atoms with Gasteiger partial charge < -0.3 is 4.42 Å². The van der Waals surface area contributed by atoms with E-state index in [1.807, 2.05) is 12.1 Å². The zero-order valence-electron chi connectivity index (χ0n) is 11.1. The molecule has 20 heavy (non-hydrogen) atoms. The van der Waals surface area contributed by atoms with E-state index in [2.05, 4.69) is 49.4 Å². The Morgan fingerprint density at radius 1 is 0.950 bits per heavy atom. The Kier molecular flexibility index (Phi) is 2.36. The normalized spacial score (nSPS) is 11.2. The molecule has 4 aromatic rings. The lowest BCUT2D eigenvalue weighted by molar-refractivity contribution is 0.580. The Morgan fingerprint density at radius 3 is 2.70 bits per heavy atom. The predicted molar refractivity (Wildman–Crippen MR) is 81.7 cm³/mol. The van der Waals surface area contributed by atoms with Crippen LogP contribution in [0.2, 0.25) is 0 Å². The number of hydrogen-bond acceptors (Lipinski definition) is 2. The molecule has 0 atom stereocenters. The summed E-state index contributed by atoms with van der Waals surface area (Å²) in [6.45, 7) is 2.13. The van der Waals surface area contributed by atoms with Gasteiger partial charge in [0.05, 0.1) is 11.8 Å². The van der Waals surface area contributed by atoms with E-state index in [1.165, 1.54) is 21.7 Å². The summed E-state index contributed by atoms with van der Waals surface area (Å²) in [5, 5.41) is 3.72. The summed E-state index contributed by atoms with van der Waals surface area (Å²) in [5.74, 6) is 0.808. The van der Waals surface area contributed by atoms with Crippen molar-refractivity contribution in [1.82, 2.24) is 4.98 Å². The molecule has 0 saturated carbocycles. The first-order chi connectivity index (χ1) is 9.83. The van der Waals surface area contributed by atoms with Crippen molar-refractivity contribution in [1.29, 1.82) is 0 Å². The van der Waals surface area contributed by atoms with Crippen LogP contribution in [0.1, 0.15) is 5.56 Å². The topological polar surface area (TPSA) is 26.0 Å². The lowest BCUT2D eigenvalue weighted by Gasteiger charge is -2.08. The molecule has 0 saturated heterocycles. The number of benzene rings is 2. The van der Waals surface area contributed by atoms with Gasteiger partial charge in [0.25, 0.3) is 0 Å². The molecule has 0 unspecified atom stereocenters. The first kappa shape index (κ1) is 11.2. The average Bonchev–Trinajstić information content (AvgIpc) is 3.01. The number of aryl methyl sites for hydroxylation is 1. The Hall–Kier alpha value is -2.61. The summed E-state index contributed by atoms with van der Waals surface area (Å²) in [7, 11) is 0. The first-order valence-corrected chi connectivity index (χ1v) is 6.66. The minimum Gasteiger partial charge on any atom is -0.463 e. The summed E-state index contributed by atoms with van der Waals surface area (Å²) in [6.07, 6.45) is 1.68. The van der Waals surface area contributed by atoms with Crippen LogP contribution in [0, 0.1) is 6.92 Å². The van der Waals surface area contributed by atoms with Gasteiger partial charge in [0, 0.05) is 5.39 Å². The second kappa shape index (κ2) is 4.20. The SMILES string of the molecule is Cc1cc(-c2ccco2)nc2ccc3ccccc3c12. The Labute approximate surface area is 116 Å². The minimum absolute atomic E-state index is 0.808. The van der Waals surface area contributed by atoms with Crippen LogP contribution < -0.4 is 0 Å². The van der Waals surface area contributed by atoms with Crippen LogP contribution in [0.15, 0.2) is 65.3 Å². The Bertz CT molecular complexity index is 907. The number of pyridine rings is 1. The molecule has 2 aromatic carbocycles. The third kappa shape index (κ3) is 1.62. The van der Waals surface area contributed by atoms with E-state index in [1.54, 1.807) is 6.26 Å². The fourth-order valence-corrected chi connectivity index (χ4v) is 2.76. The maximum atomic E-state index is 5.45. The smallest absolute Gasteiger partial charge is 0.152 e. The van der Waals surface area contributed by atoms with Crippen molar-refractivity contribution >= 4 is 21.7 Å². The molecule has 0 fully saturated rings. The molecule has 2 heteroatoms. The Morgan fingerprint density at radius 2 is 1.85 bits per heavy atom. The van der Waals surface area contributed by atoms with Crippen LogP contribution in [0.4, 0.5) is 0 Å². The number of rotatable bonds is 1. The molecule has 0 N–H and O–H groups in total. The van der Waals surface area contributed by atoms with Crippen molar-refractivity contribution in [2.24, 2.45) is 0 Å². The standard InChI is InChI=1S/C18H13NO/c1-12-11-16(17-7-4-10-20-17)19-15-9-8-13-5-2-3-6-14(13)18(12)15/h2-11H,1H3. The van der Waals surface area contributed by atoms with Crippen molar-refractivity contribution in [3.05, 3.63) is 66.4 Å². The highest BCUT2D eigenvalue weighted by Gasteiger charge is 2.09. The molecule has 0 bridgehead atoms. The molecule has 2 nitrogen and oxygen atoms in total. The van der Waals surface area contributed by atoms with Gasteiger partial charge in [-0.2, -0.15) is 0 Å². The van der Waals surface area contributed by atoms with Crippen LogP contribution in [-0.4, -0.2) is 4.98 Å². The van der Waals surface area contributed by atoms with Gasteiger partial charge >= 0.3 is 0 Å². The van der Waals surface area contributed by atoms with Gasteiger partial charge in [0.2, 0.25) is 0 Å². The van der Waals surface area contributed by atoms with Gasteiger partial charge in [0.15, 0.2) is 5.76 Å². The van der Waals surface area contributed by atoms with Crippen LogP contribution in [0.25, 0.3) is 33.1 Å². The van der Waals surface area contributed by atoms with Crippen LogP contribution >= 0.6 is 0 Å². The third-order valence-electron chi connectivity index (χ3n) is 3.67. The molecule has 0 aliphatic rings. The fourth-order valence-electron chi connectivity index (χ4n) is 2.76. The van der Waals surface area contributed by atoms with Crippen molar-refractivity contribution in [2.75, 3.05) is 0 Å². The van der Waals surface area contributed by atoms with E-state index in [4.69, 9.17) is 9.40 Å². The van der Waals surface area contributed by atoms with Gasteiger partial charge in [-0.05, 0) is 47.5 Å². The van der Waals surface area contributed by atoms with Gasteiger partial charge in [0.1, 0.15) is 5.69 Å². The fraction of sp³-hybridized carbons (Fsp3) is 0.0556. The van der Waals surface area contributed by atoms with E-state index >= 15 is 0 Å². The average molecular weight is 259 g/mol. The predicted octanol–water partition coefficient (Wildman–Crippen LogP) is 4.96. The summed E-state index contributed by atoms with van der Waals surface area (Å²) in [5.41, 5.74) is 3.11. The minimum atomic E-state index is 0.808. The van der Waals surface area contributed by atoms with Crippen LogP contribution in [-0.2, 0) is 0 Å². The largest absolute Gasteiger partial charge is 0.463 e. The van der Waals surface area contributed by atoms with Gasteiger partial charge in [-0.15, -0.1) is 0 Å². The zero-order chi connectivity index (χ0) is 13.5. The van der Waals surface area contributed by atoms with E-state index in [-0.39, 0.29) is 0 Å².